The normalized spacial score (nSPS) is 20.7. The number of hydrogen-bond acceptors (Lipinski definition) is 4. The molecule has 2 fully saturated rings. The van der Waals surface area contributed by atoms with Gasteiger partial charge in [0.2, 0.25) is 0 Å². The van der Waals surface area contributed by atoms with Crippen LogP contribution in [0.2, 0.25) is 0 Å². The minimum Gasteiger partial charge on any atom is -0.448 e. The van der Waals surface area contributed by atoms with Crippen LogP contribution in [0.5, 0.6) is 0 Å². The van der Waals surface area contributed by atoms with Gasteiger partial charge in [0.1, 0.15) is 12.4 Å². The average molecular weight is 300 g/mol. The van der Waals surface area contributed by atoms with E-state index in [4.69, 9.17) is 4.74 Å². The van der Waals surface area contributed by atoms with Crippen LogP contribution in [0.4, 0.5) is 4.79 Å². The molecular formula is C16H20N4O2. The predicted octanol–water partition coefficient (Wildman–Crippen LogP) is 1.98. The Bertz CT molecular complexity index is 643. The Labute approximate surface area is 129 Å². The van der Waals surface area contributed by atoms with E-state index < -0.39 is 0 Å². The van der Waals surface area contributed by atoms with Crippen molar-refractivity contribution in [2.45, 2.75) is 25.4 Å². The van der Waals surface area contributed by atoms with Crippen molar-refractivity contribution in [1.82, 2.24) is 19.8 Å². The highest BCUT2D eigenvalue weighted by atomic mass is 16.6. The number of cyclic esters (lactones) is 1. The van der Waals surface area contributed by atoms with Crippen LogP contribution in [-0.4, -0.2) is 58.1 Å². The summed E-state index contributed by atoms with van der Waals surface area (Å²) >= 11 is 0. The molecule has 2 aromatic rings. The maximum absolute atomic E-state index is 11.6. The molecule has 116 valence electrons. The standard InChI is InChI=1S/C16H20N4O2/c21-16-20(9-10-22-16)12-5-7-19(8-6-12)11-15-17-13-3-1-2-4-14(13)18-15/h1-4,12H,5-11H2,(H,17,18). The summed E-state index contributed by atoms with van der Waals surface area (Å²) in [6, 6.07) is 8.44. The number of aromatic nitrogens is 2. The van der Waals surface area contributed by atoms with E-state index in [2.05, 4.69) is 20.9 Å². The van der Waals surface area contributed by atoms with Crippen LogP contribution in [0.25, 0.3) is 11.0 Å². The van der Waals surface area contributed by atoms with Crippen molar-refractivity contribution in [2.75, 3.05) is 26.2 Å². The first-order valence-corrected chi connectivity index (χ1v) is 7.89. The Hall–Kier alpha value is -2.08. The molecule has 1 amide bonds. The minimum absolute atomic E-state index is 0.143. The first-order valence-electron chi connectivity index (χ1n) is 7.89. The van der Waals surface area contributed by atoms with E-state index in [1.165, 1.54) is 0 Å². The number of benzene rings is 1. The first kappa shape index (κ1) is 13.6. The molecule has 2 aliphatic heterocycles. The molecule has 0 aliphatic carbocycles. The maximum atomic E-state index is 11.6. The van der Waals surface area contributed by atoms with Crippen LogP contribution < -0.4 is 0 Å². The predicted molar refractivity (Wildman–Crippen MR) is 82.4 cm³/mol. The zero-order chi connectivity index (χ0) is 14.9. The number of amides is 1. The van der Waals surface area contributed by atoms with Crippen molar-refractivity contribution < 1.29 is 9.53 Å². The number of para-hydroxylation sites is 2. The van der Waals surface area contributed by atoms with Gasteiger partial charge in [-0.25, -0.2) is 9.78 Å². The van der Waals surface area contributed by atoms with Crippen LogP contribution in [0.1, 0.15) is 18.7 Å². The topological polar surface area (TPSA) is 61.5 Å². The fourth-order valence-corrected chi connectivity index (χ4v) is 3.42. The Balaban J connectivity index is 1.36. The van der Waals surface area contributed by atoms with E-state index in [1.54, 1.807) is 0 Å². The lowest BCUT2D eigenvalue weighted by Gasteiger charge is -2.35. The van der Waals surface area contributed by atoms with Crippen LogP contribution in [0.15, 0.2) is 24.3 Å². The van der Waals surface area contributed by atoms with Crippen molar-refractivity contribution in [1.29, 1.82) is 0 Å². The fourth-order valence-electron chi connectivity index (χ4n) is 3.42. The smallest absolute Gasteiger partial charge is 0.410 e. The third-order valence-electron chi connectivity index (χ3n) is 4.60. The summed E-state index contributed by atoms with van der Waals surface area (Å²) in [7, 11) is 0. The van der Waals surface area contributed by atoms with E-state index in [-0.39, 0.29) is 6.09 Å². The molecule has 4 rings (SSSR count). The molecule has 0 bridgehead atoms. The lowest BCUT2D eigenvalue weighted by molar-refractivity contribution is 0.114. The average Bonchev–Trinajstić information content (AvgIpc) is 3.13. The van der Waals surface area contributed by atoms with Crippen LogP contribution in [-0.2, 0) is 11.3 Å². The lowest BCUT2D eigenvalue weighted by Crippen LogP contribution is -2.45. The number of nitrogens with one attached hydrogen (secondary N) is 1. The van der Waals surface area contributed by atoms with Crippen molar-refractivity contribution in [3.63, 3.8) is 0 Å². The van der Waals surface area contributed by atoms with Gasteiger partial charge in [-0.05, 0) is 25.0 Å². The molecule has 6 nitrogen and oxygen atoms in total. The molecule has 6 heteroatoms. The van der Waals surface area contributed by atoms with E-state index >= 15 is 0 Å². The zero-order valence-electron chi connectivity index (χ0n) is 12.5. The number of fused-ring (bicyclic) bond motifs is 1. The molecule has 1 aromatic carbocycles. The third-order valence-corrected chi connectivity index (χ3v) is 4.60. The second-order valence-corrected chi connectivity index (χ2v) is 6.02. The van der Waals surface area contributed by atoms with Gasteiger partial charge >= 0.3 is 6.09 Å². The largest absolute Gasteiger partial charge is 0.448 e. The van der Waals surface area contributed by atoms with Crippen molar-refractivity contribution in [3.05, 3.63) is 30.1 Å². The number of hydrogen-bond donors (Lipinski definition) is 1. The molecule has 2 aliphatic rings. The van der Waals surface area contributed by atoms with Gasteiger partial charge in [-0.1, -0.05) is 12.1 Å². The molecule has 1 N–H and O–H groups in total. The maximum Gasteiger partial charge on any atom is 0.410 e. The number of aromatic amines is 1. The van der Waals surface area contributed by atoms with Gasteiger partial charge in [0, 0.05) is 19.1 Å². The molecule has 0 unspecified atom stereocenters. The van der Waals surface area contributed by atoms with Gasteiger partial charge in [0.25, 0.3) is 0 Å². The SMILES string of the molecule is O=C1OCCN1C1CCN(Cc2nc3ccccc3[nH]2)CC1. The van der Waals surface area contributed by atoms with E-state index in [0.29, 0.717) is 12.6 Å². The van der Waals surface area contributed by atoms with Gasteiger partial charge in [0.05, 0.1) is 24.1 Å². The summed E-state index contributed by atoms with van der Waals surface area (Å²) in [4.78, 5) is 23.9. The first-order chi connectivity index (χ1) is 10.8. The van der Waals surface area contributed by atoms with E-state index in [9.17, 15) is 4.79 Å². The molecule has 0 spiro atoms. The summed E-state index contributed by atoms with van der Waals surface area (Å²) in [5, 5.41) is 0. The van der Waals surface area contributed by atoms with Gasteiger partial charge in [-0.15, -0.1) is 0 Å². The summed E-state index contributed by atoms with van der Waals surface area (Å²) in [5.41, 5.74) is 2.11. The quantitative estimate of drug-likeness (QED) is 0.941. The Morgan fingerprint density at radius 2 is 2.05 bits per heavy atom. The molecule has 0 saturated carbocycles. The highest BCUT2D eigenvalue weighted by molar-refractivity contribution is 5.74. The summed E-state index contributed by atoms with van der Waals surface area (Å²) in [6.45, 7) is 4.11. The van der Waals surface area contributed by atoms with E-state index in [1.807, 2.05) is 23.1 Å². The number of carbonyl (C=O) groups is 1. The van der Waals surface area contributed by atoms with Gasteiger partial charge in [-0.3, -0.25) is 4.90 Å². The van der Waals surface area contributed by atoms with Crippen LogP contribution >= 0.6 is 0 Å². The summed E-state index contributed by atoms with van der Waals surface area (Å²) in [5.74, 6) is 1.01. The third kappa shape index (κ3) is 2.54. The fraction of sp³-hybridized carbons (Fsp3) is 0.500. The Morgan fingerprint density at radius 1 is 1.23 bits per heavy atom. The number of nitrogens with zero attached hydrogens (tertiary/aromatic N) is 3. The number of H-pyrrole nitrogens is 1. The van der Waals surface area contributed by atoms with Gasteiger partial charge in [0.15, 0.2) is 0 Å². The second-order valence-electron chi connectivity index (χ2n) is 6.02. The monoisotopic (exact) mass is 300 g/mol. The second kappa shape index (κ2) is 5.61. The molecule has 0 radical (unpaired) electrons. The van der Waals surface area contributed by atoms with Gasteiger partial charge in [-0.2, -0.15) is 0 Å². The number of rotatable bonds is 3. The Morgan fingerprint density at radius 3 is 2.77 bits per heavy atom. The lowest BCUT2D eigenvalue weighted by atomic mass is 10.0. The Kier molecular flexibility index (Phi) is 3.46. The van der Waals surface area contributed by atoms with E-state index in [0.717, 1.165) is 55.9 Å². The number of likely N-dealkylation sites (tertiary alicyclic amines) is 1. The molecule has 3 heterocycles. The molecule has 0 atom stereocenters. The summed E-state index contributed by atoms with van der Waals surface area (Å²) in [6.07, 6.45) is 1.88. The minimum atomic E-state index is -0.143. The number of piperidine rings is 1. The highest BCUT2D eigenvalue weighted by Crippen LogP contribution is 2.21. The zero-order valence-corrected chi connectivity index (χ0v) is 12.5. The van der Waals surface area contributed by atoms with Crippen molar-refractivity contribution in [3.8, 4) is 0 Å². The number of ether oxygens (including phenoxy) is 1. The number of imidazole rings is 1. The van der Waals surface area contributed by atoms with Crippen LogP contribution in [0.3, 0.4) is 0 Å². The summed E-state index contributed by atoms with van der Waals surface area (Å²) < 4.78 is 5.03. The van der Waals surface area contributed by atoms with Crippen molar-refractivity contribution >= 4 is 17.1 Å². The molecular weight excluding hydrogens is 280 g/mol. The highest BCUT2D eigenvalue weighted by Gasteiger charge is 2.32. The molecule has 22 heavy (non-hydrogen) atoms. The van der Waals surface area contributed by atoms with Crippen LogP contribution in [0, 0.1) is 0 Å². The molecule has 2 saturated heterocycles. The van der Waals surface area contributed by atoms with Crippen molar-refractivity contribution in [2.24, 2.45) is 0 Å². The molecule has 1 aromatic heterocycles. The number of carbonyl (C=O) groups excluding carboxylic acids is 1. The van der Waals surface area contributed by atoms with Gasteiger partial charge < -0.3 is 14.6 Å².